The summed E-state index contributed by atoms with van der Waals surface area (Å²) >= 11 is 12.0. The van der Waals surface area contributed by atoms with Crippen molar-refractivity contribution < 1.29 is 5.11 Å². The van der Waals surface area contributed by atoms with Crippen molar-refractivity contribution in [3.63, 3.8) is 0 Å². The van der Waals surface area contributed by atoms with Crippen molar-refractivity contribution in [2.75, 3.05) is 13.7 Å². The SMILES string of the molecule is CN1NC(Cl)=C(C(C)(C)CO)C=C1Cl. The monoisotopic (exact) mass is 236 g/mol. The van der Waals surface area contributed by atoms with Crippen LogP contribution in [0.5, 0.6) is 0 Å². The van der Waals surface area contributed by atoms with Crippen LogP contribution in [0, 0.1) is 5.41 Å². The van der Waals surface area contributed by atoms with Crippen LogP contribution in [0.1, 0.15) is 13.8 Å². The van der Waals surface area contributed by atoms with Gasteiger partial charge in [0, 0.05) is 12.5 Å². The second-order valence-corrected chi connectivity index (χ2v) is 4.67. The number of hydrogen-bond acceptors (Lipinski definition) is 3. The highest BCUT2D eigenvalue weighted by Crippen LogP contribution is 2.34. The number of allylic oxidation sites excluding steroid dienone is 1. The van der Waals surface area contributed by atoms with Crippen LogP contribution in [0.15, 0.2) is 22.0 Å². The van der Waals surface area contributed by atoms with E-state index in [-0.39, 0.29) is 6.61 Å². The zero-order valence-corrected chi connectivity index (χ0v) is 9.95. The van der Waals surface area contributed by atoms with Crippen molar-refractivity contribution in [1.29, 1.82) is 0 Å². The molecule has 0 spiro atoms. The summed E-state index contributed by atoms with van der Waals surface area (Å²) in [7, 11) is 1.77. The number of nitrogens with one attached hydrogen (secondary N) is 1. The number of aliphatic hydroxyl groups excluding tert-OH is 1. The molecule has 2 N–H and O–H groups in total. The molecule has 1 aliphatic rings. The molecule has 0 amide bonds. The van der Waals surface area contributed by atoms with Gasteiger partial charge in [-0.2, -0.15) is 0 Å². The molecule has 14 heavy (non-hydrogen) atoms. The van der Waals surface area contributed by atoms with Crippen molar-refractivity contribution in [2.24, 2.45) is 5.41 Å². The van der Waals surface area contributed by atoms with E-state index in [0.717, 1.165) is 5.57 Å². The van der Waals surface area contributed by atoms with Gasteiger partial charge in [-0.25, -0.2) is 0 Å². The molecule has 1 rings (SSSR count). The molecule has 0 aromatic carbocycles. The standard InChI is InChI=1S/C9H14Cl2N2O/c1-9(2,5-14)6-4-7(10)13(3)12-8(6)11/h4,12,14H,5H2,1-3H3. The zero-order valence-electron chi connectivity index (χ0n) is 8.43. The summed E-state index contributed by atoms with van der Waals surface area (Å²) < 4.78 is 0. The fourth-order valence-corrected chi connectivity index (χ4v) is 1.71. The van der Waals surface area contributed by atoms with Crippen molar-refractivity contribution in [1.82, 2.24) is 10.4 Å². The number of halogens is 2. The van der Waals surface area contributed by atoms with Crippen LogP contribution in [0.2, 0.25) is 0 Å². The van der Waals surface area contributed by atoms with E-state index < -0.39 is 5.41 Å². The summed E-state index contributed by atoms with van der Waals surface area (Å²) in [4.78, 5) is 0. The van der Waals surface area contributed by atoms with Crippen molar-refractivity contribution >= 4 is 23.2 Å². The Hall–Kier alpha value is -0.380. The van der Waals surface area contributed by atoms with Gasteiger partial charge in [0.05, 0.1) is 6.61 Å². The third-order valence-corrected chi connectivity index (χ3v) is 2.86. The number of nitrogens with zero attached hydrogens (tertiary/aromatic N) is 1. The first-order chi connectivity index (χ1) is 6.38. The lowest BCUT2D eigenvalue weighted by Crippen LogP contribution is -2.36. The average Bonchev–Trinajstić information content (AvgIpc) is 2.11. The fourth-order valence-electron chi connectivity index (χ4n) is 1.12. The molecule has 0 saturated carbocycles. The van der Waals surface area contributed by atoms with Crippen LogP contribution in [0.25, 0.3) is 0 Å². The van der Waals surface area contributed by atoms with Gasteiger partial charge in [0.25, 0.3) is 0 Å². The third kappa shape index (κ3) is 2.16. The van der Waals surface area contributed by atoms with E-state index in [9.17, 15) is 5.11 Å². The van der Waals surface area contributed by atoms with Crippen LogP contribution in [0.4, 0.5) is 0 Å². The predicted octanol–water partition coefficient (Wildman–Crippen LogP) is 1.99. The van der Waals surface area contributed by atoms with E-state index in [0.29, 0.717) is 10.3 Å². The van der Waals surface area contributed by atoms with Crippen LogP contribution in [0.3, 0.4) is 0 Å². The van der Waals surface area contributed by atoms with Gasteiger partial charge in [-0.05, 0) is 11.6 Å². The van der Waals surface area contributed by atoms with Gasteiger partial charge in [0.2, 0.25) is 0 Å². The maximum atomic E-state index is 9.21. The molecule has 0 fully saturated rings. The van der Waals surface area contributed by atoms with E-state index in [1.807, 2.05) is 13.8 Å². The Kier molecular flexibility index (Phi) is 3.35. The Labute approximate surface area is 94.0 Å². The fraction of sp³-hybridized carbons (Fsp3) is 0.556. The van der Waals surface area contributed by atoms with Crippen LogP contribution in [-0.4, -0.2) is 23.8 Å². The Balaban J connectivity index is 3.06. The summed E-state index contributed by atoms with van der Waals surface area (Å²) in [5.74, 6) is 0. The molecule has 0 aromatic rings. The van der Waals surface area contributed by atoms with Gasteiger partial charge in [-0.15, -0.1) is 0 Å². The quantitative estimate of drug-likeness (QED) is 0.721. The Bertz CT molecular complexity index is 297. The van der Waals surface area contributed by atoms with E-state index in [4.69, 9.17) is 23.2 Å². The van der Waals surface area contributed by atoms with Gasteiger partial charge in [0.1, 0.15) is 10.3 Å². The van der Waals surface area contributed by atoms with E-state index in [1.165, 1.54) is 0 Å². The van der Waals surface area contributed by atoms with Gasteiger partial charge in [-0.1, -0.05) is 37.0 Å². The molecule has 5 heteroatoms. The Morgan fingerprint density at radius 1 is 1.50 bits per heavy atom. The lowest BCUT2D eigenvalue weighted by molar-refractivity contribution is 0.189. The molecule has 1 aliphatic heterocycles. The smallest absolute Gasteiger partial charge is 0.124 e. The van der Waals surface area contributed by atoms with Gasteiger partial charge in [0.15, 0.2) is 0 Å². The Morgan fingerprint density at radius 2 is 2.07 bits per heavy atom. The largest absolute Gasteiger partial charge is 0.395 e. The molecule has 1 heterocycles. The molecular formula is C9H14Cl2N2O. The van der Waals surface area contributed by atoms with Crippen molar-refractivity contribution in [3.8, 4) is 0 Å². The maximum absolute atomic E-state index is 9.21. The molecule has 0 aromatic heterocycles. The highest BCUT2D eigenvalue weighted by atomic mass is 35.5. The predicted molar refractivity (Wildman–Crippen MR) is 58.6 cm³/mol. The lowest BCUT2D eigenvalue weighted by Gasteiger charge is -2.32. The van der Waals surface area contributed by atoms with Crippen LogP contribution >= 0.6 is 23.2 Å². The van der Waals surface area contributed by atoms with Crippen molar-refractivity contribution in [2.45, 2.75) is 13.8 Å². The lowest BCUT2D eigenvalue weighted by atomic mass is 9.85. The number of hydrazine groups is 1. The summed E-state index contributed by atoms with van der Waals surface area (Å²) in [5.41, 5.74) is 3.30. The minimum atomic E-state index is -0.397. The maximum Gasteiger partial charge on any atom is 0.124 e. The van der Waals surface area contributed by atoms with Gasteiger partial charge >= 0.3 is 0 Å². The second-order valence-electron chi connectivity index (χ2n) is 3.91. The molecule has 0 unspecified atom stereocenters. The molecule has 3 nitrogen and oxygen atoms in total. The first-order valence-corrected chi connectivity index (χ1v) is 5.03. The molecule has 0 saturated heterocycles. The summed E-state index contributed by atoms with van der Waals surface area (Å²) in [6.07, 6.45) is 1.76. The number of aliphatic hydroxyl groups is 1. The van der Waals surface area contributed by atoms with Crippen molar-refractivity contribution in [3.05, 3.63) is 22.0 Å². The number of rotatable bonds is 2. The highest BCUT2D eigenvalue weighted by Gasteiger charge is 2.27. The summed E-state index contributed by atoms with van der Waals surface area (Å²) in [5, 5.41) is 11.9. The molecule has 0 aliphatic carbocycles. The van der Waals surface area contributed by atoms with E-state index >= 15 is 0 Å². The topological polar surface area (TPSA) is 35.5 Å². The highest BCUT2D eigenvalue weighted by molar-refractivity contribution is 6.32. The molecule has 80 valence electrons. The van der Waals surface area contributed by atoms with Crippen LogP contribution in [-0.2, 0) is 0 Å². The molecule has 0 atom stereocenters. The molecule has 0 radical (unpaired) electrons. The number of hydrogen-bond donors (Lipinski definition) is 2. The third-order valence-electron chi connectivity index (χ3n) is 2.21. The van der Waals surface area contributed by atoms with E-state index in [2.05, 4.69) is 5.43 Å². The minimum Gasteiger partial charge on any atom is -0.395 e. The first kappa shape index (κ1) is 11.7. The van der Waals surface area contributed by atoms with Gasteiger partial charge < -0.3 is 5.11 Å². The summed E-state index contributed by atoms with van der Waals surface area (Å²) in [6.45, 7) is 3.82. The zero-order chi connectivity index (χ0) is 10.9. The van der Waals surface area contributed by atoms with Crippen LogP contribution < -0.4 is 5.43 Å². The first-order valence-electron chi connectivity index (χ1n) is 4.27. The normalized spacial score (nSPS) is 18.1. The molecule has 0 bridgehead atoms. The molecular weight excluding hydrogens is 223 g/mol. The summed E-state index contributed by atoms with van der Waals surface area (Å²) in [6, 6.07) is 0. The minimum absolute atomic E-state index is 0.0185. The van der Waals surface area contributed by atoms with Gasteiger partial charge in [-0.3, -0.25) is 10.4 Å². The second kappa shape index (κ2) is 4.01. The van der Waals surface area contributed by atoms with E-state index in [1.54, 1.807) is 18.1 Å². The Morgan fingerprint density at radius 3 is 2.57 bits per heavy atom. The average molecular weight is 237 g/mol.